The molecule has 1 rings (SSSR count). The second kappa shape index (κ2) is 4.64. The maximum atomic E-state index is 8.79. The molecule has 1 aromatic carbocycles. The van der Waals surface area contributed by atoms with Gasteiger partial charge in [-0.3, -0.25) is 0 Å². The molecule has 0 amide bonds. The molecule has 0 aliphatic heterocycles. The molecule has 3 heteroatoms. The van der Waals surface area contributed by atoms with Gasteiger partial charge < -0.3 is 16.6 Å². The third kappa shape index (κ3) is 2.37. The maximum Gasteiger partial charge on any atom is 0.138 e. The van der Waals surface area contributed by atoms with Gasteiger partial charge in [-0.2, -0.15) is 0 Å². The van der Waals surface area contributed by atoms with E-state index in [4.69, 9.17) is 10.8 Å². The minimum atomic E-state index is 0.146. The van der Waals surface area contributed by atoms with E-state index in [0.717, 1.165) is 0 Å². The highest BCUT2D eigenvalue weighted by Crippen LogP contribution is 2.16. The number of rotatable bonds is 0. The van der Waals surface area contributed by atoms with Gasteiger partial charge in [-0.1, -0.05) is 12.1 Å². The summed E-state index contributed by atoms with van der Waals surface area (Å²) in [7, 11) is 1.50. The fourth-order valence-corrected chi connectivity index (χ4v) is 0.488. The highest BCUT2D eigenvalue weighted by molar-refractivity contribution is 5.50. The smallest absolute Gasteiger partial charge is 0.138 e. The Hall–Kier alpha value is -1.22. The van der Waals surface area contributed by atoms with Crippen LogP contribution in [0.25, 0.3) is 0 Å². The van der Waals surface area contributed by atoms with Crippen LogP contribution in [0.1, 0.15) is 0 Å². The molecule has 10 heavy (non-hydrogen) atoms. The fraction of sp³-hybridized carbons (Fsp3) is 0.143. The van der Waals surface area contributed by atoms with Crippen LogP contribution in [0.5, 0.6) is 5.75 Å². The average molecular weight is 140 g/mol. The van der Waals surface area contributed by atoms with E-state index in [-0.39, 0.29) is 5.75 Å². The number of phenolic OH excluding ortho intramolecular Hbond substituents is 1. The van der Waals surface area contributed by atoms with Crippen molar-refractivity contribution in [1.82, 2.24) is 0 Å². The van der Waals surface area contributed by atoms with Crippen LogP contribution in [0, 0.1) is 0 Å². The summed E-state index contributed by atoms with van der Waals surface area (Å²) < 4.78 is 0. The second-order valence-electron chi connectivity index (χ2n) is 1.56. The van der Waals surface area contributed by atoms with Crippen LogP contribution in [0.2, 0.25) is 0 Å². The number of aromatic hydroxyl groups is 1. The van der Waals surface area contributed by atoms with Gasteiger partial charge in [0.15, 0.2) is 0 Å². The number of nitrogens with two attached hydrogens (primary N) is 2. The monoisotopic (exact) mass is 140 g/mol. The number of benzene rings is 1. The standard InChI is InChI=1S/C6H7NO.CH5N/c7-5-3-1-2-4-6(5)8;1-2/h1-4,8H,7H2;2H2,1H3. The predicted octanol–water partition coefficient (Wildman–Crippen LogP) is 0.549. The largest absolute Gasteiger partial charge is 0.506 e. The van der Waals surface area contributed by atoms with Crippen molar-refractivity contribution in [3.05, 3.63) is 24.3 Å². The molecule has 5 N–H and O–H groups in total. The Morgan fingerprint density at radius 1 is 1.20 bits per heavy atom. The Labute approximate surface area is 60.3 Å². The Morgan fingerprint density at radius 2 is 1.70 bits per heavy atom. The number of phenols is 1. The minimum Gasteiger partial charge on any atom is -0.506 e. The van der Waals surface area contributed by atoms with Crippen LogP contribution in [0.3, 0.4) is 0 Å². The van der Waals surface area contributed by atoms with Crippen LogP contribution in [0.15, 0.2) is 24.3 Å². The van der Waals surface area contributed by atoms with Crippen molar-refractivity contribution in [2.45, 2.75) is 0 Å². The third-order valence-corrected chi connectivity index (χ3v) is 0.937. The van der Waals surface area contributed by atoms with Crippen molar-refractivity contribution in [3.63, 3.8) is 0 Å². The van der Waals surface area contributed by atoms with E-state index in [9.17, 15) is 0 Å². The maximum absolute atomic E-state index is 8.79. The van der Waals surface area contributed by atoms with E-state index in [1.54, 1.807) is 24.3 Å². The van der Waals surface area contributed by atoms with Gasteiger partial charge in [-0.05, 0) is 19.2 Å². The van der Waals surface area contributed by atoms with Crippen molar-refractivity contribution in [2.75, 3.05) is 12.8 Å². The number of hydrogen-bond donors (Lipinski definition) is 3. The third-order valence-electron chi connectivity index (χ3n) is 0.937. The summed E-state index contributed by atoms with van der Waals surface area (Å²) in [6, 6.07) is 6.70. The number of para-hydroxylation sites is 2. The molecule has 0 aromatic heterocycles. The minimum absolute atomic E-state index is 0.146. The van der Waals surface area contributed by atoms with Gasteiger partial charge in [0.05, 0.1) is 5.69 Å². The normalized spacial score (nSPS) is 7.80. The Kier molecular flexibility index (Phi) is 4.07. The van der Waals surface area contributed by atoms with Crippen LogP contribution >= 0.6 is 0 Å². The summed E-state index contributed by atoms with van der Waals surface area (Å²) in [6.45, 7) is 0. The highest BCUT2D eigenvalue weighted by Gasteiger charge is 1.87. The molecule has 0 bridgehead atoms. The van der Waals surface area contributed by atoms with Gasteiger partial charge in [0.2, 0.25) is 0 Å². The molecule has 0 heterocycles. The van der Waals surface area contributed by atoms with E-state index in [2.05, 4.69) is 5.73 Å². The van der Waals surface area contributed by atoms with Crippen LogP contribution < -0.4 is 11.5 Å². The predicted molar refractivity (Wildman–Crippen MR) is 42.6 cm³/mol. The van der Waals surface area contributed by atoms with Crippen molar-refractivity contribution < 1.29 is 5.11 Å². The molecule has 0 saturated heterocycles. The Morgan fingerprint density at radius 3 is 2.00 bits per heavy atom. The number of hydrogen-bond acceptors (Lipinski definition) is 3. The van der Waals surface area contributed by atoms with Gasteiger partial charge in [0.25, 0.3) is 0 Å². The van der Waals surface area contributed by atoms with E-state index < -0.39 is 0 Å². The van der Waals surface area contributed by atoms with Crippen molar-refractivity contribution in [2.24, 2.45) is 5.73 Å². The first-order valence-electron chi connectivity index (χ1n) is 2.92. The summed E-state index contributed by atoms with van der Waals surface area (Å²) in [6.07, 6.45) is 0. The number of anilines is 1. The first-order valence-corrected chi connectivity index (χ1v) is 2.92. The molecular formula is C7H12N2O. The summed E-state index contributed by atoms with van der Waals surface area (Å²) in [4.78, 5) is 0. The summed E-state index contributed by atoms with van der Waals surface area (Å²) in [5.74, 6) is 0.146. The van der Waals surface area contributed by atoms with Gasteiger partial charge in [0, 0.05) is 0 Å². The van der Waals surface area contributed by atoms with Gasteiger partial charge in [0.1, 0.15) is 5.75 Å². The molecule has 0 unspecified atom stereocenters. The second-order valence-corrected chi connectivity index (χ2v) is 1.56. The molecule has 0 spiro atoms. The average Bonchev–Trinajstić information content (AvgIpc) is 2.00. The highest BCUT2D eigenvalue weighted by atomic mass is 16.3. The lowest BCUT2D eigenvalue weighted by molar-refractivity contribution is 0.478. The molecule has 0 fully saturated rings. The molecule has 56 valence electrons. The molecule has 3 nitrogen and oxygen atoms in total. The Bertz CT molecular complexity index is 168. The SMILES string of the molecule is CN.Nc1ccccc1O. The lowest BCUT2D eigenvalue weighted by atomic mass is 10.3. The first kappa shape index (κ1) is 8.78. The van der Waals surface area contributed by atoms with Crippen molar-refractivity contribution >= 4 is 5.69 Å². The summed E-state index contributed by atoms with van der Waals surface area (Å²) >= 11 is 0. The van der Waals surface area contributed by atoms with Crippen molar-refractivity contribution in [1.29, 1.82) is 0 Å². The van der Waals surface area contributed by atoms with Crippen LogP contribution in [-0.2, 0) is 0 Å². The van der Waals surface area contributed by atoms with E-state index >= 15 is 0 Å². The van der Waals surface area contributed by atoms with E-state index in [0.29, 0.717) is 5.69 Å². The summed E-state index contributed by atoms with van der Waals surface area (Å²) in [5.41, 5.74) is 10.2. The quantitative estimate of drug-likeness (QED) is 0.364. The molecule has 0 atom stereocenters. The number of nitrogen functional groups attached to an aromatic ring is 1. The zero-order chi connectivity index (χ0) is 7.98. The van der Waals surface area contributed by atoms with Gasteiger partial charge >= 0.3 is 0 Å². The zero-order valence-electron chi connectivity index (χ0n) is 5.91. The molecule has 0 radical (unpaired) electrons. The molecule has 0 saturated carbocycles. The fourth-order valence-electron chi connectivity index (χ4n) is 0.488. The molecule has 1 aromatic rings. The first-order chi connectivity index (χ1) is 4.80. The van der Waals surface area contributed by atoms with Crippen LogP contribution in [0.4, 0.5) is 5.69 Å². The van der Waals surface area contributed by atoms with Gasteiger partial charge in [-0.15, -0.1) is 0 Å². The molecule has 0 aliphatic rings. The van der Waals surface area contributed by atoms with Gasteiger partial charge in [-0.25, -0.2) is 0 Å². The van der Waals surface area contributed by atoms with Crippen LogP contribution in [-0.4, -0.2) is 12.2 Å². The van der Waals surface area contributed by atoms with E-state index in [1.807, 2.05) is 0 Å². The topological polar surface area (TPSA) is 72.3 Å². The van der Waals surface area contributed by atoms with E-state index in [1.165, 1.54) is 7.05 Å². The Balaban J connectivity index is 0.000000371. The lowest BCUT2D eigenvalue weighted by Crippen LogP contribution is -1.82. The zero-order valence-corrected chi connectivity index (χ0v) is 5.91. The lowest BCUT2D eigenvalue weighted by Gasteiger charge is -1.92. The van der Waals surface area contributed by atoms with Crippen molar-refractivity contribution in [3.8, 4) is 5.75 Å². The molecule has 0 aliphatic carbocycles. The summed E-state index contributed by atoms with van der Waals surface area (Å²) in [5, 5.41) is 8.79. The molecular weight excluding hydrogens is 128 g/mol.